The highest BCUT2D eigenvalue weighted by molar-refractivity contribution is 5.75. The second-order valence-electron chi connectivity index (χ2n) is 3.91. The van der Waals surface area contributed by atoms with Crippen LogP contribution >= 0.6 is 0 Å². The summed E-state index contributed by atoms with van der Waals surface area (Å²) in [6, 6.07) is 0. The number of aliphatic hydroxyl groups is 1. The molecule has 0 aromatic carbocycles. The van der Waals surface area contributed by atoms with E-state index in [4.69, 9.17) is 5.11 Å². The molecule has 0 aromatic heterocycles. The van der Waals surface area contributed by atoms with Crippen LogP contribution in [-0.4, -0.2) is 29.1 Å². The van der Waals surface area contributed by atoms with Crippen molar-refractivity contribution in [2.45, 2.75) is 71.1 Å². The Morgan fingerprint density at radius 1 is 0.643 bits per heavy atom. The largest absolute Gasteiger partial charge is 0.396 e. The van der Waals surface area contributed by atoms with Gasteiger partial charge in [-0.2, -0.15) is 0 Å². The lowest BCUT2D eigenvalue weighted by atomic mass is 10.1. The molecule has 0 heterocycles. The summed E-state index contributed by atoms with van der Waals surface area (Å²) >= 11 is 0. The summed E-state index contributed by atoms with van der Waals surface area (Å²) in [4.78, 5) is 0. The fourth-order valence-corrected chi connectivity index (χ4v) is 1.60. The lowest BCUT2D eigenvalue weighted by Crippen LogP contribution is -1.84. The fourth-order valence-electron chi connectivity index (χ4n) is 1.60. The van der Waals surface area contributed by atoms with Crippen molar-refractivity contribution in [3.63, 3.8) is 0 Å². The quantitative estimate of drug-likeness (QED) is 0.435. The number of rotatable bonds is 10. The van der Waals surface area contributed by atoms with Crippen molar-refractivity contribution in [1.29, 1.82) is 0 Å². The molecule has 0 bridgehead atoms. The van der Waals surface area contributed by atoms with Gasteiger partial charge >= 0.3 is 0 Å². The predicted molar refractivity (Wildman–Crippen MR) is 64.7 cm³/mol. The summed E-state index contributed by atoms with van der Waals surface area (Å²) < 4.78 is 0. The van der Waals surface area contributed by atoms with Gasteiger partial charge in [-0.3, -0.25) is 0 Å². The topological polar surface area (TPSA) is 20.2 Å². The van der Waals surface area contributed by atoms with Crippen LogP contribution in [0.5, 0.6) is 0 Å². The standard InChI is InChI=1S/C12H26O.Al/c1-2-3-4-5-6-7-8-9-10-11-12-13;/h13H,2-12H2,1H3;. The highest BCUT2D eigenvalue weighted by Crippen LogP contribution is 2.09. The third-order valence-corrected chi connectivity index (χ3v) is 2.51. The maximum Gasteiger partial charge on any atom is 0.0431 e. The minimum absolute atomic E-state index is 0. The zero-order chi connectivity index (χ0) is 9.78. The molecule has 0 aliphatic heterocycles. The first-order valence-corrected chi connectivity index (χ1v) is 6.02. The highest BCUT2D eigenvalue weighted by Gasteiger charge is 1.91. The Kier molecular flexibility index (Phi) is 19.3. The Labute approximate surface area is 100 Å². The molecule has 0 aromatic rings. The number of aliphatic hydroxyl groups excluding tert-OH is 1. The molecular weight excluding hydrogens is 187 g/mol. The van der Waals surface area contributed by atoms with Gasteiger partial charge in [0.05, 0.1) is 0 Å². The van der Waals surface area contributed by atoms with E-state index in [2.05, 4.69) is 6.92 Å². The zero-order valence-corrected chi connectivity index (χ0v) is 11.0. The summed E-state index contributed by atoms with van der Waals surface area (Å²) in [6.07, 6.45) is 13.3. The van der Waals surface area contributed by atoms with E-state index in [0.29, 0.717) is 6.61 Å². The lowest BCUT2D eigenvalue weighted by molar-refractivity contribution is 0.282. The zero-order valence-electron chi connectivity index (χ0n) is 9.80. The summed E-state index contributed by atoms with van der Waals surface area (Å²) in [6.45, 7) is 2.63. The molecule has 83 valence electrons. The maximum absolute atomic E-state index is 8.57. The van der Waals surface area contributed by atoms with Crippen LogP contribution in [0.25, 0.3) is 0 Å². The van der Waals surface area contributed by atoms with Crippen molar-refractivity contribution in [3.05, 3.63) is 0 Å². The van der Waals surface area contributed by atoms with Crippen LogP contribution in [-0.2, 0) is 0 Å². The Bertz CT molecular complexity index is 76.4. The van der Waals surface area contributed by atoms with Crippen LogP contribution in [0, 0.1) is 0 Å². The Morgan fingerprint density at radius 3 is 1.36 bits per heavy atom. The summed E-state index contributed by atoms with van der Waals surface area (Å²) in [5.41, 5.74) is 0. The Hall–Kier alpha value is 0.492. The second kappa shape index (κ2) is 15.9. The van der Waals surface area contributed by atoms with Gasteiger partial charge in [0.25, 0.3) is 0 Å². The van der Waals surface area contributed by atoms with E-state index in [9.17, 15) is 0 Å². The molecular formula is C12H26AlO. The Balaban J connectivity index is 0. The molecule has 1 nitrogen and oxygen atoms in total. The van der Waals surface area contributed by atoms with Crippen molar-refractivity contribution in [3.8, 4) is 0 Å². The smallest absolute Gasteiger partial charge is 0.0431 e. The molecule has 0 atom stereocenters. The molecule has 0 aliphatic rings. The third kappa shape index (κ3) is 15.0. The van der Waals surface area contributed by atoms with E-state index >= 15 is 0 Å². The molecule has 0 rings (SSSR count). The summed E-state index contributed by atoms with van der Waals surface area (Å²) in [7, 11) is 0. The molecule has 0 fully saturated rings. The normalized spacial score (nSPS) is 9.86. The molecule has 2 heteroatoms. The fraction of sp³-hybridized carbons (Fsp3) is 1.00. The van der Waals surface area contributed by atoms with Crippen molar-refractivity contribution < 1.29 is 5.11 Å². The number of hydrogen-bond acceptors (Lipinski definition) is 1. The first kappa shape index (κ1) is 16.9. The molecule has 0 unspecified atom stereocenters. The third-order valence-electron chi connectivity index (χ3n) is 2.51. The average Bonchev–Trinajstić information content (AvgIpc) is 2.16. The molecule has 0 amide bonds. The van der Waals surface area contributed by atoms with Gasteiger partial charge in [-0.25, -0.2) is 0 Å². The molecule has 3 radical (unpaired) electrons. The van der Waals surface area contributed by atoms with Crippen LogP contribution in [0.15, 0.2) is 0 Å². The van der Waals surface area contributed by atoms with Crippen LogP contribution in [0.1, 0.15) is 71.1 Å². The van der Waals surface area contributed by atoms with Crippen molar-refractivity contribution >= 4 is 17.4 Å². The van der Waals surface area contributed by atoms with Crippen LogP contribution in [0.4, 0.5) is 0 Å². The predicted octanol–water partition coefficient (Wildman–Crippen LogP) is 3.52. The minimum atomic E-state index is 0. The lowest BCUT2D eigenvalue weighted by Gasteiger charge is -2.00. The van der Waals surface area contributed by atoms with Crippen molar-refractivity contribution in [2.24, 2.45) is 0 Å². The Morgan fingerprint density at radius 2 is 1.00 bits per heavy atom. The van der Waals surface area contributed by atoms with Crippen molar-refractivity contribution in [2.75, 3.05) is 6.61 Å². The monoisotopic (exact) mass is 213 g/mol. The van der Waals surface area contributed by atoms with Gasteiger partial charge in [-0.15, -0.1) is 0 Å². The van der Waals surface area contributed by atoms with Gasteiger partial charge in [-0.05, 0) is 6.42 Å². The van der Waals surface area contributed by atoms with E-state index in [1.165, 1.54) is 57.8 Å². The van der Waals surface area contributed by atoms with E-state index in [0.717, 1.165) is 6.42 Å². The molecule has 0 spiro atoms. The minimum Gasteiger partial charge on any atom is -0.396 e. The SMILES string of the molecule is CCCCCCCCCCCCO.[Al]. The van der Waals surface area contributed by atoms with E-state index in [1.807, 2.05) is 0 Å². The molecule has 0 aliphatic carbocycles. The first-order chi connectivity index (χ1) is 6.41. The number of unbranched alkanes of at least 4 members (excludes halogenated alkanes) is 9. The van der Waals surface area contributed by atoms with Gasteiger partial charge in [0.1, 0.15) is 0 Å². The molecule has 0 saturated carbocycles. The van der Waals surface area contributed by atoms with Crippen LogP contribution < -0.4 is 0 Å². The van der Waals surface area contributed by atoms with E-state index < -0.39 is 0 Å². The summed E-state index contributed by atoms with van der Waals surface area (Å²) in [5, 5.41) is 8.57. The van der Waals surface area contributed by atoms with Crippen LogP contribution in [0.3, 0.4) is 0 Å². The van der Waals surface area contributed by atoms with Gasteiger partial charge in [-0.1, -0.05) is 64.7 Å². The molecule has 14 heavy (non-hydrogen) atoms. The average molecular weight is 213 g/mol. The van der Waals surface area contributed by atoms with Crippen LogP contribution in [0.2, 0.25) is 0 Å². The van der Waals surface area contributed by atoms with Gasteiger partial charge in [0.2, 0.25) is 0 Å². The van der Waals surface area contributed by atoms with E-state index in [1.54, 1.807) is 0 Å². The van der Waals surface area contributed by atoms with Gasteiger partial charge in [0.15, 0.2) is 0 Å². The van der Waals surface area contributed by atoms with E-state index in [-0.39, 0.29) is 17.4 Å². The molecule has 0 saturated heterocycles. The second-order valence-corrected chi connectivity index (χ2v) is 3.91. The highest BCUT2D eigenvalue weighted by atomic mass is 27.0. The van der Waals surface area contributed by atoms with Gasteiger partial charge in [0, 0.05) is 24.0 Å². The van der Waals surface area contributed by atoms with Gasteiger partial charge < -0.3 is 5.11 Å². The summed E-state index contributed by atoms with van der Waals surface area (Å²) in [5.74, 6) is 0. The molecule has 1 N–H and O–H groups in total. The number of hydrogen-bond donors (Lipinski definition) is 1. The maximum atomic E-state index is 8.57. The van der Waals surface area contributed by atoms with Crippen molar-refractivity contribution in [1.82, 2.24) is 0 Å². The first-order valence-electron chi connectivity index (χ1n) is 6.02.